The van der Waals surface area contributed by atoms with Gasteiger partial charge in [-0.05, 0) is 74.7 Å². The number of benzene rings is 2. The molecule has 2 amide bonds. The summed E-state index contributed by atoms with van der Waals surface area (Å²) in [5, 5.41) is 6.29. The van der Waals surface area contributed by atoms with Gasteiger partial charge in [0.2, 0.25) is 5.91 Å². The molecule has 3 aromatic rings. The Labute approximate surface area is 224 Å². The third kappa shape index (κ3) is 5.09. The topological polar surface area (TPSA) is 86.8 Å². The minimum Gasteiger partial charge on any atom is -0.495 e. The van der Waals surface area contributed by atoms with Crippen molar-refractivity contribution in [2.45, 2.75) is 46.2 Å². The van der Waals surface area contributed by atoms with E-state index in [-0.39, 0.29) is 11.8 Å². The summed E-state index contributed by atoms with van der Waals surface area (Å²) in [4.78, 5) is 33.7. The van der Waals surface area contributed by atoms with Crippen LogP contribution in [0, 0.1) is 6.92 Å². The van der Waals surface area contributed by atoms with Crippen molar-refractivity contribution in [3.63, 3.8) is 0 Å². The van der Waals surface area contributed by atoms with Gasteiger partial charge < -0.3 is 25.2 Å². The van der Waals surface area contributed by atoms with Gasteiger partial charge in [0, 0.05) is 61.1 Å². The summed E-state index contributed by atoms with van der Waals surface area (Å²) >= 11 is 0. The van der Waals surface area contributed by atoms with Crippen LogP contribution in [-0.4, -0.2) is 55.6 Å². The zero-order valence-electron chi connectivity index (χ0n) is 22.7. The lowest BCUT2D eigenvalue weighted by Gasteiger charge is -2.38. The van der Waals surface area contributed by atoms with Crippen molar-refractivity contribution < 1.29 is 14.3 Å². The van der Waals surface area contributed by atoms with Crippen molar-refractivity contribution in [1.82, 2.24) is 10.3 Å². The van der Waals surface area contributed by atoms with Gasteiger partial charge in [-0.15, -0.1) is 0 Å². The molecule has 1 aromatic heterocycles. The predicted octanol–water partition coefficient (Wildman–Crippen LogP) is 4.41. The van der Waals surface area contributed by atoms with Crippen molar-refractivity contribution in [3.8, 4) is 16.9 Å². The SMILES string of the molecule is COc1cc2c(cc1N1CC(C)NC(C)C1)N(C(=O)c1ccc(-c3ccc(NC(C)=O)nc3C)cc1)CC2. The van der Waals surface area contributed by atoms with E-state index in [4.69, 9.17) is 4.74 Å². The number of aryl methyl sites for hydroxylation is 1. The van der Waals surface area contributed by atoms with Crippen LogP contribution in [0.15, 0.2) is 48.5 Å². The third-order valence-corrected chi connectivity index (χ3v) is 7.25. The van der Waals surface area contributed by atoms with Crippen molar-refractivity contribution >= 4 is 29.0 Å². The highest BCUT2D eigenvalue weighted by Crippen LogP contribution is 2.40. The Morgan fingerprint density at radius 3 is 2.37 bits per heavy atom. The van der Waals surface area contributed by atoms with Gasteiger partial charge in [0.05, 0.1) is 12.8 Å². The molecule has 2 aromatic carbocycles. The summed E-state index contributed by atoms with van der Waals surface area (Å²) in [6.45, 7) is 10.2. The van der Waals surface area contributed by atoms with E-state index < -0.39 is 0 Å². The molecule has 2 unspecified atom stereocenters. The Bertz CT molecular complexity index is 1360. The van der Waals surface area contributed by atoms with E-state index in [1.54, 1.807) is 13.2 Å². The summed E-state index contributed by atoms with van der Waals surface area (Å²) < 4.78 is 5.77. The first-order valence-corrected chi connectivity index (χ1v) is 13.1. The number of nitrogens with one attached hydrogen (secondary N) is 2. The molecule has 1 fully saturated rings. The zero-order valence-corrected chi connectivity index (χ0v) is 22.7. The number of piperazine rings is 1. The van der Waals surface area contributed by atoms with E-state index in [1.807, 2.05) is 42.2 Å². The second-order valence-corrected chi connectivity index (χ2v) is 10.3. The monoisotopic (exact) mass is 513 g/mol. The quantitative estimate of drug-likeness (QED) is 0.526. The van der Waals surface area contributed by atoms with E-state index >= 15 is 0 Å². The van der Waals surface area contributed by atoms with Crippen LogP contribution < -0.4 is 25.2 Å². The molecule has 8 heteroatoms. The number of nitrogens with zero attached hydrogens (tertiary/aromatic N) is 3. The normalized spacial score (nSPS) is 18.8. The predicted molar refractivity (Wildman–Crippen MR) is 151 cm³/mol. The first-order chi connectivity index (χ1) is 18.2. The van der Waals surface area contributed by atoms with E-state index in [9.17, 15) is 9.59 Å². The number of fused-ring (bicyclic) bond motifs is 1. The number of anilines is 3. The van der Waals surface area contributed by atoms with Crippen LogP contribution in [0.2, 0.25) is 0 Å². The van der Waals surface area contributed by atoms with Crippen LogP contribution in [0.3, 0.4) is 0 Å². The van der Waals surface area contributed by atoms with Crippen LogP contribution >= 0.6 is 0 Å². The molecule has 5 rings (SSSR count). The molecule has 3 heterocycles. The second kappa shape index (κ2) is 10.5. The van der Waals surface area contributed by atoms with Gasteiger partial charge in [-0.1, -0.05) is 12.1 Å². The summed E-state index contributed by atoms with van der Waals surface area (Å²) in [5.74, 6) is 1.22. The number of rotatable bonds is 5. The van der Waals surface area contributed by atoms with Crippen LogP contribution in [0.1, 0.15) is 42.4 Å². The van der Waals surface area contributed by atoms with Gasteiger partial charge >= 0.3 is 0 Å². The molecule has 2 N–H and O–H groups in total. The highest BCUT2D eigenvalue weighted by Gasteiger charge is 2.30. The Balaban J connectivity index is 1.39. The van der Waals surface area contributed by atoms with Crippen LogP contribution in [0.25, 0.3) is 11.1 Å². The maximum atomic E-state index is 13.6. The Morgan fingerprint density at radius 1 is 1.03 bits per heavy atom. The standard InChI is InChI=1S/C30H35N5O3/c1-18-16-34(17-19(2)31-18)27-15-26-24(14-28(27)38-5)12-13-35(26)30(37)23-8-6-22(7-9-23)25-10-11-29(32-20(25)3)33-21(4)36/h6-11,14-15,18-19,31H,12-13,16-17H2,1-5H3,(H,32,33,36). The number of hydrogen-bond donors (Lipinski definition) is 2. The Morgan fingerprint density at radius 2 is 1.74 bits per heavy atom. The number of amides is 2. The fourth-order valence-corrected chi connectivity index (χ4v) is 5.61. The van der Waals surface area contributed by atoms with Gasteiger partial charge in [0.15, 0.2) is 0 Å². The van der Waals surface area contributed by atoms with Crippen molar-refractivity contribution in [1.29, 1.82) is 0 Å². The maximum Gasteiger partial charge on any atom is 0.258 e. The van der Waals surface area contributed by atoms with E-state index in [0.717, 1.165) is 59.0 Å². The molecule has 0 saturated carbocycles. The number of carbonyl (C=O) groups is 2. The summed E-state index contributed by atoms with van der Waals surface area (Å²) in [6, 6.07) is 16.3. The fraction of sp³-hybridized carbons (Fsp3) is 0.367. The maximum absolute atomic E-state index is 13.6. The smallest absolute Gasteiger partial charge is 0.258 e. The molecule has 38 heavy (non-hydrogen) atoms. The van der Waals surface area contributed by atoms with E-state index in [2.05, 4.69) is 46.5 Å². The molecule has 1 saturated heterocycles. The highest BCUT2D eigenvalue weighted by atomic mass is 16.5. The number of carbonyl (C=O) groups excluding carboxylic acids is 2. The second-order valence-electron chi connectivity index (χ2n) is 10.3. The average Bonchev–Trinajstić information content (AvgIpc) is 3.29. The van der Waals surface area contributed by atoms with Gasteiger partial charge in [-0.3, -0.25) is 9.59 Å². The van der Waals surface area contributed by atoms with Gasteiger partial charge in [-0.25, -0.2) is 4.98 Å². The van der Waals surface area contributed by atoms with Gasteiger partial charge in [0.1, 0.15) is 11.6 Å². The molecule has 198 valence electrons. The number of pyridine rings is 1. The first-order valence-electron chi connectivity index (χ1n) is 13.1. The number of ether oxygens (including phenoxy) is 1. The summed E-state index contributed by atoms with van der Waals surface area (Å²) in [6.07, 6.45) is 0.801. The number of hydrogen-bond acceptors (Lipinski definition) is 6. The van der Waals surface area contributed by atoms with Crippen molar-refractivity contribution in [3.05, 3.63) is 65.4 Å². The average molecular weight is 514 g/mol. The lowest BCUT2D eigenvalue weighted by atomic mass is 10.0. The number of methoxy groups -OCH3 is 1. The molecule has 2 aliphatic heterocycles. The van der Waals surface area contributed by atoms with E-state index in [1.165, 1.54) is 6.92 Å². The van der Waals surface area contributed by atoms with Gasteiger partial charge in [-0.2, -0.15) is 0 Å². The highest BCUT2D eigenvalue weighted by molar-refractivity contribution is 6.08. The molecular weight excluding hydrogens is 478 g/mol. The molecule has 0 spiro atoms. The molecule has 2 atom stereocenters. The van der Waals surface area contributed by atoms with Crippen molar-refractivity contribution in [2.75, 3.05) is 41.9 Å². The lowest BCUT2D eigenvalue weighted by Crippen LogP contribution is -2.54. The molecule has 0 radical (unpaired) electrons. The first kappa shape index (κ1) is 25.7. The minimum absolute atomic E-state index is 0.00989. The van der Waals surface area contributed by atoms with Crippen LogP contribution in [0.5, 0.6) is 5.75 Å². The molecule has 0 bridgehead atoms. The Hall–Kier alpha value is -3.91. The van der Waals surface area contributed by atoms with Gasteiger partial charge in [0.25, 0.3) is 5.91 Å². The van der Waals surface area contributed by atoms with Crippen molar-refractivity contribution in [2.24, 2.45) is 0 Å². The minimum atomic E-state index is -0.154. The molecule has 2 aliphatic rings. The molecule has 8 nitrogen and oxygen atoms in total. The summed E-state index contributed by atoms with van der Waals surface area (Å²) in [5.41, 5.74) is 6.51. The van der Waals surface area contributed by atoms with Crippen LogP contribution in [-0.2, 0) is 11.2 Å². The summed E-state index contributed by atoms with van der Waals surface area (Å²) in [7, 11) is 1.71. The largest absolute Gasteiger partial charge is 0.495 e. The number of aromatic nitrogens is 1. The molecule has 0 aliphatic carbocycles. The lowest BCUT2D eigenvalue weighted by molar-refractivity contribution is -0.114. The van der Waals surface area contributed by atoms with E-state index in [0.29, 0.717) is 30.0 Å². The zero-order chi connectivity index (χ0) is 27.0. The molecular formula is C30H35N5O3. The van der Waals surface area contributed by atoms with Crippen LogP contribution in [0.4, 0.5) is 17.2 Å². The third-order valence-electron chi connectivity index (χ3n) is 7.25. The fourth-order valence-electron chi connectivity index (χ4n) is 5.61. The Kier molecular flexibility index (Phi) is 7.08.